The number of ether oxygens (including phenoxy) is 1. The van der Waals surface area contributed by atoms with Crippen molar-refractivity contribution in [1.82, 2.24) is 10.3 Å². The maximum atomic E-state index is 11.9. The third-order valence-electron chi connectivity index (χ3n) is 3.55. The summed E-state index contributed by atoms with van der Waals surface area (Å²) in [5.41, 5.74) is 1.00. The molecule has 106 valence electrons. The molecule has 1 amide bonds. The predicted octanol–water partition coefficient (Wildman–Crippen LogP) is 2.59. The number of rotatable bonds is 5. The van der Waals surface area contributed by atoms with Crippen LogP contribution in [0.25, 0.3) is 0 Å². The van der Waals surface area contributed by atoms with Crippen LogP contribution in [0, 0.1) is 16.8 Å². The number of hydrogen-bond donors (Lipinski definition) is 2. The van der Waals surface area contributed by atoms with Crippen LogP contribution in [0.4, 0.5) is 0 Å². The Morgan fingerprint density at radius 1 is 1.63 bits per heavy atom. The first-order valence-corrected chi connectivity index (χ1v) is 7.89. The minimum absolute atomic E-state index is 0.0649. The Bertz CT molecular complexity index is 495. The van der Waals surface area contributed by atoms with Crippen molar-refractivity contribution in [3.05, 3.63) is 14.5 Å². The molecule has 1 aromatic rings. The van der Waals surface area contributed by atoms with Crippen molar-refractivity contribution in [2.24, 2.45) is 5.92 Å². The van der Waals surface area contributed by atoms with Gasteiger partial charge in [-0.3, -0.25) is 4.79 Å². The third-order valence-corrected chi connectivity index (χ3v) is 4.89. The lowest BCUT2D eigenvalue weighted by Gasteiger charge is -2.17. The first-order chi connectivity index (χ1) is 9.10. The minimum atomic E-state index is 0.0649. The number of nitrogens with one attached hydrogen (secondary N) is 2. The summed E-state index contributed by atoms with van der Waals surface area (Å²) < 4.78 is 6.35. The summed E-state index contributed by atoms with van der Waals surface area (Å²) in [6.45, 7) is 5.61. The summed E-state index contributed by atoms with van der Waals surface area (Å²) in [7, 11) is 0. The zero-order chi connectivity index (χ0) is 13.8. The highest BCUT2D eigenvalue weighted by Crippen LogP contribution is 2.22. The molecule has 4 nitrogen and oxygen atoms in total. The van der Waals surface area contributed by atoms with E-state index >= 15 is 0 Å². The van der Waals surface area contributed by atoms with Crippen LogP contribution < -0.4 is 5.32 Å². The van der Waals surface area contributed by atoms with Crippen molar-refractivity contribution in [2.45, 2.75) is 39.2 Å². The van der Waals surface area contributed by atoms with Gasteiger partial charge in [0.15, 0.2) is 3.95 Å². The molecule has 1 saturated heterocycles. The summed E-state index contributed by atoms with van der Waals surface area (Å²) in [6, 6.07) is 0. The Kier molecular flexibility index (Phi) is 5.13. The van der Waals surface area contributed by atoms with Crippen molar-refractivity contribution >= 4 is 29.5 Å². The van der Waals surface area contributed by atoms with Crippen molar-refractivity contribution in [2.75, 3.05) is 13.2 Å². The highest BCUT2D eigenvalue weighted by Gasteiger charge is 2.26. The summed E-state index contributed by atoms with van der Waals surface area (Å²) >= 11 is 6.55. The topological polar surface area (TPSA) is 54.1 Å². The summed E-state index contributed by atoms with van der Waals surface area (Å²) in [4.78, 5) is 16.0. The monoisotopic (exact) mass is 300 g/mol. The van der Waals surface area contributed by atoms with E-state index in [-0.39, 0.29) is 5.91 Å². The van der Waals surface area contributed by atoms with E-state index in [9.17, 15) is 4.79 Å². The van der Waals surface area contributed by atoms with Crippen LogP contribution in [0.5, 0.6) is 0 Å². The second-order valence-electron chi connectivity index (χ2n) is 4.91. The lowest BCUT2D eigenvalue weighted by molar-refractivity contribution is -0.120. The Morgan fingerprint density at radius 3 is 3.05 bits per heavy atom. The van der Waals surface area contributed by atoms with Gasteiger partial charge in [0.1, 0.15) is 0 Å². The zero-order valence-corrected chi connectivity index (χ0v) is 13.0. The molecule has 6 heteroatoms. The Morgan fingerprint density at radius 2 is 2.42 bits per heavy atom. The molecule has 2 N–H and O–H groups in total. The van der Waals surface area contributed by atoms with Gasteiger partial charge >= 0.3 is 0 Å². The normalized spacial score (nSPS) is 22.6. The first kappa shape index (κ1) is 14.7. The van der Waals surface area contributed by atoms with Crippen LogP contribution >= 0.6 is 23.6 Å². The standard InChI is InChI=1S/C13H20N2O2S2/c1-3-10-9(4-5-17-10)7-14-12(16)6-11-8(2)15-13(18)19-11/h9-10H,3-7H2,1-2H3,(H,14,16)(H,15,18). The summed E-state index contributed by atoms with van der Waals surface area (Å²) in [5.74, 6) is 0.523. The molecule has 0 saturated carbocycles. The van der Waals surface area contributed by atoms with Gasteiger partial charge in [0.05, 0.1) is 12.5 Å². The fourth-order valence-electron chi connectivity index (χ4n) is 2.44. The smallest absolute Gasteiger partial charge is 0.225 e. The average Bonchev–Trinajstić information content (AvgIpc) is 2.93. The van der Waals surface area contributed by atoms with Gasteiger partial charge in [-0.15, -0.1) is 11.3 Å². The van der Waals surface area contributed by atoms with Crippen LogP contribution in [-0.4, -0.2) is 30.1 Å². The van der Waals surface area contributed by atoms with Crippen molar-refractivity contribution < 1.29 is 9.53 Å². The average molecular weight is 300 g/mol. The summed E-state index contributed by atoms with van der Waals surface area (Å²) in [5, 5.41) is 3.01. The number of aromatic amines is 1. The van der Waals surface area contributed by atoms with E-state index in [2.05, 4.69) is 17.2 Å². The number of hydrogen-bond acceptors (Lipinski definition) is 4. The lowest BCUT2D eigenvalue weighted by atomic mass is 10.00. The number of carbonyl (C=O) groups excluding carboxylic acids is 1. The molecule has 1 aromatic heterocycles. The van der Waals surface area contributed by atoms with Crippen LogP contribution in [0.3, 0.4) is 0 Å². The molecule has 2 atom stereocenters. The van der Waals surface area contributed by atoms with Gasteiger partial charge in [0.2, 0.25) is 5.91 Å². The van der Waals surface area contributed by atoms with Crippen LogP contribution in [0.2, 0.25) is 0 Å². The van der Waals surface area contributed by atoms with Crippen LogP contribution in [0.15, 0.2) is 0 Å². The van der Waals surface area contributed by atoms with E-state index in [1.54, 1.807) is 0 Å². The molecule has 0 bridgehead atoms. The molecule has 0 radical (unpaired) electrons. The van der Waals surface area contributed by atoms with E-state index in [1.165, 1.54) is 11.3 Å². The van der Waals surface area contributed by atoms with Gasteiger partial charge in [-0.05, 0) is 32.0 Å². The SMILES string of the molecule is CCC1OCCC1CNC(=O)Cc1sc(=S)[nH]c1C. The van der Waals surface area contributed by atoms with Gasteiger partial charge in [-0.25, -0.2) is 0 Å². The van der Waals surface area contributed by atoms with Gasteiger partial charge in [0.25, 0.3) is 0 Å². The Balaban J connectivity index is 1.82. The van der Waals surface area contributed by atoms with Crippen molar-refractivity contribution in [1.29, 1.82) is 0 Å². The minimum Gasteiger partial charge on any atom is -0.378 e. The highest BCUT2D eigenvalue weighted by atomic mass is 32.1. The number of aryl methyl sites for hydroxylation is 1. The molecule has 0 aromatic carbocycles. The zero-order valence-electron chi connectivity index (χ0n) is 11.3. The van der Waals surface area contributed by atoms with E-state index in [1.807, 2.05) is 6.92 Å². The molecular weight excluding hydrogens is 280 g/mol. The molecule has 2 rings (SSSR count). The fraction of sp³-hybridized carbons (Fsp3) is 0.692. The van der Waals surface area contributed by atoms with E-state index in [4.69, 9.17) is 17.0 Å². The number of H-pyrrole nitrogens is 1. The maximum absolute atomic E-state index is 11.9. The van der Waals surface area contributed by atoms with E-state index < -0.39 is 0 Å². The molecular formula is C13H20N2O2S2. The Labute approximate surface area is 122 Å². The van der Waals surface area contributed by atoms with E-state index in [0.717, 1.165) is 34.0 Å². The highest BCUT2D eigenvalue weighted by molar-refractivity contribution is 7.73. The second kappa shape index (κ2) is 6.63. The predicted molar refractivity (Wildman–Crippen MR) is 79.1 cm³/mol. The number of thiazole rings is 1. The molecule has 1 fully saturated rings. The molecule has 2 unspecified atom stereocenters. The quantitative estimate of drug-likeness (QED) is 0.822. The number of amides is 1. The van der Waals surface area contributed by atoms with Crippen LogP contribution in [-0.2, 0) is 16.0 Å². The fourth-order valence-corrected chi connectivity index (χ4v) is 3.73. The number of carbonyl (C=O) groups is 1. The number of aromatic nitrogens is 1. The molecule has 0 spiro atoms. The summed E-state index contributed by atoms with van der Waals surface area (Å²) in [6.07, 6.45) is 2.77. The lowest BCUT2D eigenvalue weighted by Crippen LogP contribution is -2.33. The second-order valence-corrected chi connectivity index (χ2v) is 6.68. The molecule has 1 aliphatic heterocycles. The van der Waals surface area contributed by atoms with E-state index in [0.29, 0.717) is 25.0 Å². The van der Waals surface area contributed by atoms with Gasteiger partial charge in [-0.2, -0.15) is 0 Å². The van der Waals surface area contributed by atoms with Crippen molar-refractivity contribution in [3.8, 4) is 0 Å². The van der Waals surface area contributed by atoms with Crippen molar-refractivity contribution in [3.63, 3.8) is 0 Å². The third kappa shape index (κ3) is 3.87. The largest absolute Gasteiger partial charge is 0.378 e. The molecule has 2 heterocycles. The van der Waals surface area contributed by atoms with Crippen LogP contribution in [0.1, 0.15) is 30.3 Å². The molecule has 1 aliphatic rings. The van der Waals surface area contributed by atoms with Gasteiger partial charge < -0.3 is 15.0 Å². The maximum Gasteiger partial charge on any atom is 0.225 e. The molecule has 19 heavy (non-hydrogen) atoms. The van der Waals surface area contributed by atoms with Gasteiger partial charge in [0, 0.05) is 29.6 Å². The Hall–Kier alpha value is -0.720. The first-order valence-electron chi connectivity index (χ1n) is 6.67. The molecule has 0 aliphatic carbocycles. The van der Waals surface area contributed by atoms with Gasteiger partial charge in [-0.1, -0.05) is 6.92 Å².